The van der Waals surface area contributed by atoms with E-state index in [0.717, 1.165) is 50.8 Å². The average molecular weight is 481 g/mol. The number of halogens is 2. The summed E-state index contributed by atoms with van der Waals surface area (Å²) in [4.78, 5) is 16.3. The summed E-state index contributed by atoms with van der Waals surface area (Å²) in [6.07, 6.45) is 2.32. The third kappa shape index (κ3) is 4.39. The molecule has 4 aromatic rings. The molecular formula is C24H26F2N8O. The van der Waals surface area contributed by atoms with Crippen LogP contribution in [-0.2, 0) is 0 Å². The van der Waals surface area contributed by atoms with Crippen molar-refractivity contribution < 1.29 is 13.5 Å². The quantitative estimate of drug-likeness (QED) is 0.376. The van der Waals surface area contributed by atoms with Crippen LogP contribution < -0.4 is 15.0 Å². The minimum atomic E-state index is -0.651. The highest BCUT2D eigenvalue weighted by Crippen LogP contribution is 2.40. The Bertz CT molecular complexity index is 1390. The molecule has 2 aliphatic rings. The number of aromatic nitrogens is 5. The lowest BCUT2D eigenvalue weighted by atomic mass is 10.2. The number of hydrogen-bond donors (Lipinski definition) is 3. The molecule has 0 amide bonds. The molecule has 1 saturated carbocycles. The highest BCUT2D eigenvalue weighted by molar-refractivity contribution is 5.83. The molecule has 1 aromatic carbocycles. The first-order valence-electron chi connectivity index (χ1n) is 11.7. The Hall–Kier alpha value is -3.73. The molecule has 35 heavy (non-hydrogen) atoms. The minimum absolute atomic E-state index is 0.110. The van der Waals surface area contributed by atoms with Gasteiger partial charge in [-0.3, -0.25) is 5.10 Å². The minimum Gasteiger partial charge on any atom is -0.436 e. The number of aryl methyl sites for hydroxylation is 1. The van der Waals surface area contributed by atoms with Crippen molar-refractivity contribution in [2.75, 3.05) is 43.4 Å². The molecule has 3 N–H and O–H groups in total. The summed E-state index contributed by atoms with van der Waals surface area (Å²) >= 11 is 0. The van der Waals surface area contributed by atoms with Crippen LogP contribution in [0.15, 0.2) is 24.3 Å². The lowest BCUT2D eigenvalue weighted by Crippen LogP contribution is -2.45. The van der Waals surface area contributed by atoms with Gasteiger partial charge in [0.2, 0.25) is 11.8 Å². The smallest absolute Gasteiger partial charge is 0.230 e. The van der Waals surface area contributed by atoms with Crippen LogP contribution in [-0.4, -0.2) is 63.3 Å². The van der Waals surface area contributed by atoms with E-state index in [1.165, 1.54) is 0 Å². The summed E-state index contributed by atoms with van der Waals surface area (Å²) in [6, 6.07) is 6.12. The monoisotopic (exact) mass is 480 g/mol. The third-order valence-corrected chi connectivity index (χ3v) is 6.46. The Labute approximate surface area is 200 Å². The van der Waals surface area contributed by atoms with Crippen LogP contribution in [0.3, 0.4) is 0 Å². The maximum atomic E-state index is 15.2. The van der Waals surface area contributed by atoms with Gasteiger partial charge >= 0.3 is 0 Å². The second-order valence-electron chi connectivity index (χ2n) is 9.30. The van der Waals surface area contributed by atoms with Crippen molar-refractivity contribution >= 4 is 28.5 Å². The molecule has 1 saturated heterocycles. The number of likely N-dealkylation sites (N-methyl/N-ethyl adjacent to an activating group) is 1. The topological polar surface area (TPSA) is 98.0 Å². The SMILES string of the molecule is Cc1cc2c(F)c(Oc3cc(Nc4cc(C5CC5)[nH]n4)nc(N4CCN(C)CC4)n3)cc(F)c2[nH]1. The van der Waals surface area contributed by atoms with Crippen molar-refractivity contribution in [1.82, 2.24) is 30.0 Å². The zero-order chi connectivity index (χ0) is 24.1. The third-order valence-electron chi connectivity index (χ3n) is 6.46. The Morgan fingerprint density at radius 1 is 1.03 bits per heavy atom. The second kappa shape index (κ2) is 8.49. The van der Waals surface area contributed by atoms with Crippen molar-refractivity contribution in [2.45, 2.75) is 25.7 Å². The van der Waals surface area contributed by atoms with E-state index in [4.69, 9.17) is 4.74 Å². The van der Waals surface area contributed by atoms with Gasteiger partial charge in [0.15, 0.2) is 23.2 Å². The van der Waals surface area contributed by atoms with E-state index >= 15 is 4.39 Å². The number of H-pyrrole nitrogens is 2. The molecule has 6 rings (SSSR count). The number of anilines is 3. The highest BCUT2D eigenvalue weighted by atomic mass is 19.1. The molecule has 0 bridgehead atoms. The first-order chi connectivity index (χ1) is 16.9. The Morgan fingerprint density at radius 2 is 1.83 bits per heavy atom. The van der Waals surface area contributed by atoms with Crippen LogP contribution in [0.1, 0.15) is 30.1 Å². The van der Waals surface area contributed by atoms with E-state index in [2.05, 4.69) is 42.4 Å². The fourth-order valence-corrected chi connectivity index (χ4v) is 4.33. The molecule has 182 valence electrons. The zero-order valence-electron chi connectivity index (χ0n) is 19.5. The van der Waals surface area contributed by atoms with Gasteiger partial charge in [-0.15, -0.1) is 0 Å². The van der Waals surface area contributed by atoms with E-state index in [-0.39, 0.29) is 22.5 Å². The van der Waals surface area contributed by atoms with E-state index in [9.17, 15) is 4.39 Å². The molecule has 1 aliphatic heterocycles. The largest absolute Gasteiger partial charge is 0.436 e. The fourth-order valence-electron chi connectivity index (χ4n) is 4.33. The number of ether oxygens (including phenoxy) is 1. The van der Waals surface area contributed by atoms with Crippen LogP contribution in [0.5, 0.6) is 11.6 Å². The van der Waals surface area contributed by atoms with Gasteiger partial charge in [-0.1, -0.05) is 0 Å². The van der Waals surface area contributed by atoms with E-state index < -0.39 is 11.6 Å². The molecule has 4 heterocycles. The summed E-state index contributed by atoms with van der Waals surface area (Å²) in [7, 11) is 2.07. The number of aromatic amines is 2. The van der Waals surface area contributed by atoms with E-state index in [1.807, 2.05) is 11.0 Å². The van der Waals surface area contributed by atoms with Gasteiger partial charge in [-0.05, 0) is 32.9 Å². The predicted molar refractivity (Wildman–Crippen MR) is 129 cm³/mol. The van der Waals surface area contributed by atoms with Gasteiger partial charge in [-0.25, -0.2) is 8.78 Å². The number of hydrogen-bond acceptors (Lipinski definition) is 7. The van der Waals surface area contributed by atoms with Crippen molar-refractivity contribution in [3.8, 4) is 11.6 Å². The number of nitrogens with zero attached hydrogens (tertiary/aromatic N) is 5. The van der Waals surface area contributed by atoms with Gasteiger partial charge in [-0.2, -0.15) is 15.1 Å². The highest BCUT2D eigenvalue weighted by Gasteiger charge is 2.26. The normalized spacial score (nSPS) is 16.7. The number of fused-ring (bicyclic) bond motifs is 1. The molecule has 9 nitrogen and oxygen atoms in total. The van der Waals surface area contributed by atoms with Crippen LogP contribution in [0.2, 0.25) is 0 Å². The number of benzene rings is 1. The summed E-state index contributed by atoms with van der Waals surface area (Å²) < 4.78 is 35.6. The van der Waals surface area contributed by atoms with E-state index in [1.54, 1.807) is 19.1 Å². The molecule has 0 unspecified atom stereocenters. The Balaban J connectivity index is 1.34. The number of piperazine rings is 1. The van der Waals surface area contributed by atoms with Crippen molar-refractivity contribution in [3.05, 3.63) is 47.3 Å². The standard InChI is InChI=1S/C24H26F2N8O/c1-13-9-15-22(26)18(10-16(25)23(15)27-13)35-21-12-19(28-20-11-17(31-32-20)14-3-4-14)29-24(30-21)34-7-5-33(2)6-8-34/h9-12,14,27H,3-8H2,1-2H3,(H2,28,29,30,31,32). The molecule has 2 fully saturated rings. The number of rotatable bonds is 6. The van der Waals surface area contributed by atoms with Crippen molar-refractivity contribution in [2.24, 2.45) is 0 Å². The van der Waals surface area contributed by atoms with Gasteiger partial charge in [0.25, 0.3) is 0 Å². The van der Waals surface area contributed by atoms with Gasteiger partial charge in [0.05, 0.1) is 5.52 Å². The average Bonchev–Trinajstić information content (AvgIpc) is 3.45. The molecule has 0 spiro atoms. The Kier molecular flexibility index (Phi) is 5.28. The first-order valence-corrected chi connectivity index (χ1v) is 11.7. The summed E-state index contributed by atoms with van der Waals surface area (Å²) in [5.41, 5.74) is 1.86. The van der Waals surface area contributed by atoms with Crippen molar-refractivity contribution in [3.63, 3.8) is 0 Å². The zero-order valence-corrected chi connectivity index (χ0v) is 19.5. The summed E-state index contributed by atoms with van der Waals surface area (Å²) in [5.74, 6) is 0.697. The van der Waals surface area contributed by atoms with Crippen LogP contribution in [0.25, 0.3) is 10.9 Å². The predicted octanol–water partition coefficient (Wildman–Crippen LogP) is 4.43. The molecule has 3 aromatic heterocycles. The van der Waals surface area contributed by atoms with Crippen LogP contribution >= 0.6 is 0 Å². The molecule has 11 heteroatoms. The van der Waals surface area contributed by atoms with Gasteiger partial charge in [0.1, 0.15) is 5.82 Å². The summed E-state index contributed by atoms with van der Waals surface area (Å²) in [5, 5.41) is 10.7. The molecular weight excluding hydrogens is 454 g/mol. The molecule has 0 atom stereocenters. The Morgan fingerprint density at radius 3 is 2.60 bits per heavy atom. The first kappa shape index (κ1) is 21.8. The molecule has 0 radical (unpaired) electrons. The van der Waals surface area contributed by atoms with Crippen molar-refractivity contribution in [1.29, 1.82) is 0 Å². The van der Waals surface area contributed by atoms with Crippen LogP contribution in [0.4, 0.5) is 26.4 Å². The maximum absolute atomic E-state index is 15.2. The maximum Gasteiger partial charge on any atom is 0.230 e. The second-order valence-corrected chi connectivity index (χ2v) is 9.30. The van der Waals surface area contributed by atoms with Crippen LogP contribution in [0, 0.1) is 18.6 Å². The van der Waals surface area contributed by atoms with E-state index in [0.29, 0.717) is 29.2 Å². The lowest BCUT2D eigenvalue weighted by Gasteiger charge is -2.32. The lowest BCUT2D eigenvalue weighted by molar-refractivity contribution is 0.310. The molecule has 1 aliphatic carbocycles. The number of nitrogens with one attached hydrogen (secondary N) is 3. The summed E-state index contributed by atoms with van der Waals surface area (Å²) in [6.45, 7) is 4.96. The van der Waals surface area contributed by atoms with Gasteiger partial charge < -0.3 is 24.8 Å². The van der Waals surface area contributed by atoms with Gasteiger partial charge in [0, 0.05) is 67.1 Å². The fraction of sp³-hybridized carbons (Fsp3) is 0.375.